The Hall–Kier alpha value is -3.22. The van der Waals surface area contributed by atoms with Crippen molar-refractivity contribution in [2.75, 3.05) is 11.9 Å². The van der Waals surface area contributed by atoms with Gasteiger partial charge in [-0.2, -0.15) is 0 Å². The molecule has 7 heteroatoms. The van der Waals surface area contributed by atoms with Gasteiger partial charge in [0.1, 0.15) is 0 Å². The number of nitrogens with zero attached hydrogens (tertiary/aromatic N) is 1. The van der Waals surface area contributed by atoms with E-state index < -0.39 is 18.5 Å². The highest BCUT2D eigenvalue weighted by molar-refractivity contribution is 9.10. The van der Waals surface area contributed by atoms with Gasteiger partial charge in [-0.3, -0.25) is 4.79 Å². The van der Waals surface area contributed by atoms with Gasteiger partial charge in [0.25, 0.3) is 5.91 Å². The van der Waals surface area contributed by atoms with Crippen LogP contribution in [0.25, 0.3) is 22.2 Å². The average molecular weight is 496 g/mol. The van der Waals surface area contributed by atoms with Crippen molar-refractivity contribution in [2.45, 2.75) is 0 Å². The number of para-hydroxylation sites is 1. The Morgan fingerprint density at radius 1 is 0.968 bits per heavy atom. The molecule has 31 heavy (non-hydrogen) atoms. The monoisotopic (exact) mass is 494 g/mol. The van der Waals surface area contributed by atoms with Crippen LogP contribution in [0.1, 0.15) is 10.4 Å². The van der Waals surface area contributed by atoms with E-state index in [2.05, 4.69) is 26.2 Å². The maximum absolute atomic E-state index is 12.8. The number of amides is 1. The first-order valence-electron chi connectivity index (χ1n) is 9.38. The van der Waals surface area contributed by atoms with E-state index in [-0.39, 0.29) is 0 Å². The molecule has 0 aliphatic heterocycles. The number of rotatable bonds is 5. The molecule has 0 aliphatic rings. The van der Waals surface area contributed by atoms with Crippen molar-refractivity contribution in [2.24, 2.45) is 0 Å². The number of aromatic nitrogens is 1. The Morgan fingerprint density at radius 3 is 2.42 bits per heavy atom. The number of esters is 1. The second kappa shape index (κ2) is 9.29. The molecule has 3 aromatic carbocycles. The molecule has 4 aromatic rings. The van der Waals surface area contributed by atoms with E-state index in [9.17, 15) is 9.59 Å². The number of pyridine rings is 1. The van der Waals surface area contributed by atoms with Crippen molar-refractivity contribution < 1.29 is 14.3 Å². The van der Waals surface area contributed by atoms with Crippen LogP contribution in [0.5, 0.6) is 0 Å². The van der Waals surface area contributed by atoms with Gasteiger partial charge in [0, 0.05) is 26.1 Å². The second-order valence-corrected chi connectivity index (χ2v) is 8.06. The summed E-state index contributed by atoms with van der Waals surface area (Å²) in [5.74, 6) is -1.04. The smallest absolute Gasteiger partial charge is 0.339 e. The molecule has 0 unspecified atom stereocenters. The molecule has 0 aliphatic carbocycles. The minimum Gasteiger partial charge on any atom is -0.452 e. The Bertz CT molecular complexity index is 1260. The maximum Gasteiger partial charge on any atom is 0.339 e. The number of hydrogen-bond acceptors (Lipinski definition) is 4. The molecule has 0 bridgehead atoms. The number of carbonyl (C=O) groups excluding carboxylic acids is 2. The third kappa shape index (κ3) is 5.10. The van der Waals surface area contributed by atoms with Gasteiger partial charge >= 0.3 is 5.97 Å². The highest BCUT2D eigenvalue weighted by Gasteiger charge is 2.16. The third-order valence-corrected chi connectivity index (χ3v) is 5.32. The average Bonchev–Trinajstić information content (AvgIpc) is 2.79. The molecule has 4 rings (SSSR count). The van der Waals surface area contributed by atoms with Crippen molar-refractivity contribution in [3.05, 3.63) is 93.9 Å². The van der Waals surface area contributed by atoms with Crippen LogP contribution in [0.4, 0.5) is 5.69 Å². The van der Waals surface area contributed by atoms with Crippen molar-refractivity contribution in [3.63, 3.8) is 0 Å². The normalized spacial score (nSPS) is 10.6. The molecule has 0 radical (unpaired) electrons. The second-order valence-electron chi connectivity index (χ2n) is 6.71. The molecule has 0 saturated carbocycles. The van der Waals surface area contributed by atoms with E-state index in [1.807, 2.05) is 42.5 Å². The summed E-state index contributed by atoms with van der Waals surface area (Å²) < 4.78 is 6.24. The summed E-state index contributed by atoms with van der Waals surface area (Å²) in [6, 6.07) is 23.3. The maximum atomic E-state index is 12.8. The molecule has 0 atom stereocenters. The molecule has 0 saturated heterocycles. The minimum atomic E-state index is -0.594. The SMILES string of the molecule is O=C(COC(=O)c1cc(-c2ccc(Br)cc2)nc2ccccc12)Nc1ccc(Cl)cc1. The van der Waals surface area contributed by atoms with E-state index in [1.165, 1.54) is 0 Å². The minimum absolute atomic E-state index is 0.350. The third-order valence-electron chi connectivity index (χ3n) is 4.54. The molecule has 1 N–H and O–H groups in total. The fourth-order valence-electron chi connectivity index (χ4n) is 3.05. The molecule has 0 spiro atoms. The zero-order valence-electron chi connectivity index (χ0n) is 16.1. The Kier molecular flexibility index (Phi) is 6.30. The van der Waals surface area contributed by atoms with Crippen LogP contribution in [0.2, 0.25) is 5.02 Å². The lowest BCUT2D eigenvalue weighted by Crippen LogP contribution is -2.21. The summed E-state index contributed by atoms with van der Waals surface area (Å²) in [4.78, 5) is 29.7. The quantitative estimate of drug-likeness (QED) is 0.339. The zero-order valence-corrected chi connectivity index (χ0v) is 18.5. The predicted molar refractivity (Wildman–Crippen MR) is 125 cm³/mol. The first-order valence-corrected chi connectivity index (χ1v) is 10.5. The zero-order chi connectivity index (χ0) is 21.8. The van der Waals surface area contributed by atoms with Crippen LogP contribution < -0.4 is 5.32 Å². The van der Waals surface area contributed by atoms with E-state index in [0.717, 1.165) is 10.0 Å². The van der Waals surface area contributed by atoms with Crippen molar-refractivity contribution in [3.8, 4) is 11.3 Å². The molecule has 1 heterocycles. The van der Waals surface area contributed by atoms with Gasteiger partial charge in [-0.15, -0.1) is 0 Å². The number of halogens is 2. The van der Waals surface area contributed by atoms with E-state index >= 15 is 0 Å². The van der Waals surface area contributed by atoms with Gasteiger partial charge < -0.3 is 10.1 Å². The summed E-state index contributed by atoms with van der Waals surface area (Å²) in [6.45, 7) is -0.411. The van der Waals surface area contributed by atoms with E-state index in [0.29, 0.717) is 32.9 Å². The summed E-state index contributed by atoms with van der Waals surface area (Å²) >= 11 is 9.26. The van der Waals surface area contributed by atoms with E-state index in [4.69, 9.17) is 16.3 Å². The van der Waals surface area contributed by atoms with Gasteiger partial charge in [-0.05, 0) is 48.5 Å². The molecule has 0 fully saturated rings. The Labute approximate surface area is 192 Å². The van der Waals surface area contributed by atoms with E-state index in [1.54, 1.807) is 36.4 Å². The van der Waals surface area contributed by atoms with Crippen LogP contribution in [0, 0.1) is 0 Å². The first-order chi connectivity index (χ1) is 15.0. The number of ether oxygens (including phenoxy) is 1. The Morgan fingerprint density at radius 2 is 1.68 bits per heavy atom. The first kappa shape index (κ1) is 21.0. The molecule has 1 amide bonds. The van der Waals surface area contributed by atoms with Crippen LogP contribution in [0.15, 0.2) is 83.3 Å². The number of nitrogens with one attached hydrogen (secondary N) is 1. The molecular weight excluding hydrogens is 480 g/mol. The van der Waals surface area contributed by atoms with Gasteiger partial charge in [-0.25, -0.2) is 9.78 Å². The van der Waals surface area contributed by atoms with Crippen LogP contribution in [-0.4, -0.2) is 23.5 Å². The lowest BCUT2D eigenvalue weighted by Gasteiger charge is -2.11. The molecule has 5 nitrogen and oxygen atoms in total. The summed E-state index contributed by atoms with van der Waals surface area (Å²) in [6.07, 6.45) is 0. The van der Waals surface area contributed by atoms with Gasteiger partial charge in [0.05, 0.1) is 16.8 Å². The standard InChI is InChI=1S/C24H16BrClN2O3/c25-16-7-5-15(6-8-16)22-13-20(19-3-1-2-4-21(19)28-22)24(30)31-14-23(29)27-18-11-9-17(26)10-12-18/h1-13H,14H2,(H,27,29). The number of benzene rings is 3. The summed E-state index contributed by atoms with van der Waals surface area (Å²) in [7, 11) is 0. The van der Waals surface area contributed by atoms with Crippen LogP contribution in [0.3, 0.4) is 0 Å². The highest BCUT2D eigenvalue weighted by Crippen LogP contribution is 2.26. The fraction of sp³-hybridized carbons (Fsp3) is 0.0417. The van der Waals surface area contributed by atoms with Crippen LogP contribution >= 0.6 is 27.5 Å². The topological polar surface area (TPSA) is 68.3 Å². The number of hydrogen-bond donors (Lipinski definition) is 1. The van der Waals surface area contributed by atoms with Crippen molar-refractivity contribution in [1.82, 2.24) is 4.98 Å². The van der Waals surface area contributed by atoms with Gasteiger partial charge in [0.15, 0.2) is 6.61 Å². The fourth-order valence-corrected chi connectivity index (χ4v) is 3.44. The summed E-state index contributed by atoms with van der Waals surface area (Å²) in [5, 5.41) is 3.89. The largest absolute Gasteiger partial charge is 0.452 e. The van der Waals surface area contributed by atoms with Gasteiger partial charge in [0.2, 0.25) is 0 Å². The van der Waals surface area contributed by atoms with Crippen molar-refractivity contribution >= 4 is 56.0 Å². The number of carbonyl (C=O) groups is 2. The Balaban J connectivity index is 1.55. The molecule has 1 aromatic heterocycles. The van der Waals surface area contributed by atoms with Crippen LogP contribution in [-0.2, 0) is 9.53 Å². The lowest BCUT2D eigenvalue weighted by atomic mass is 10.0. The van der Waals surface area contributed by atoms with Gasteiger partial charge in [-0.1, -0.05) is 57.9 Å². The predicted octanol–water partition coefficient (Wildman–Crippen LogP) is 6.11. The van der Waals surface area contributed by atoms with Crippen molar-refractivity contribution in [1.29, 1.82) is 0 Å². The number of fused-ring (bicyclic) bond motifs is 1. The lowest BCUT2D eigenvalue weighted by molar-refractivity contribution is -0.119. The molecular formula is C24H16BrClN2O3. The molecule has 154 valence electrons. The summed E-state index contributed by atoms with van der Waals surface area (Å²) in [5.41, 5.74) is 3.09. The number of anilines is 1. The highest BCUT2D eigenvalue weighted by atomic mass is 79.9.